The first-order valence-corrected chi connectivity index (χ1v) is 2.02. The lowest BCUT2D eigenvalue weighted by Crippen LogP contribution is -1.57. The molecule has 2 nitrogen and oxygen atoms in total. The lowest BCUT2D eigenvalue weighted by atomic mass is 10.8. The number of hydrogen-bond donors (Lipinski definition) is 2. The van der Waals surface area contributed by atoms with E-state index in [0.29, 0.717) is 0 Å². The van der Waals surface area contributed by atoms with Crippen molar-refractivity contribution in [3.05, 3.63) is 16.9 Å². The minimum absolute atomic E-state index is 0. The van der Waals surface area contributed by atoms with Crippen LogP contribution in [-0.2, 0) is 0 Å². The molecule has 0 aliphatic rings. The average molecular weight is 137 g/mol. The third-order valence-electron chi connectivity index (χ3n) is 0.513. The monoisotopic (exact) mass is 136 g/mol. The van der Waals surface area contributed by atoms with Gasteiger partial charge in [0.25, 0.3) is 0 Å². The summed E-state index contributed by atoms with van der Waals surface area (Å²) in [4.78, 5) is 0. The SMILES string of the molecule is Cl.S=c1cc[nH][nH]1. The van der Waals surface area contributed by atoms with E-state index in [1.165, 1.54) is 0 Å². The van der Waals surface area contributed by atoms with E-state index in [1.54, 1.807) is 12.3 Å². The summed E-state index contributed by atoms with van der Waals surface area (Å²) >= 11 is 4.66. The molecular formula is C3H5ClN2S. The molecule has 0 unspecified atom stereocenters. The molecule has 1 rings (SSSR count). The Bertz CT molecular complexity index is 151. The Kier molecular flexibility index (Phi) is 2.71. The van der Waals surface area contributed by atoms with Gasteiger partial charge in [0, 0.05) is 6.20 Å². The number of halogens is 1. The second-order valence-electron chi connectivity index (χ2n) is 0.967. The number of hydrogen-bond acceptors (Lipinski definition) is 1. The topological polar surface area (TPSA) is 31.6 Å². The summed E-state index contributed by atoms with van der Waals surface area (Å²) in [5.41, 5.74) is 0. The maximum absolute atomic E-state index is 4.66. The van der Waals surface area contributed by atoms with Crippen molar-refractivity contribution >= 4 is 24.6 Å². The summed E-state index contributed by atoms with van der Waals surface area (Å²) in [6, 6.07) is 1.79. The maximum Gasteiger partial charge on any atom is 0.119 e. The van der Waals surface area contributed by atoms with E-state index in [2.05, 4.69) is 22.4 Å². The van der Waals surface area contributed by atoms with Crippen molar-refractivity contribution in [3.63, 3.8) is 0 Å². The van der Waals surface area contributed by atoms with Gasteiger partial charge in [-0.3, -0.25) is 5.10 Å². The third-order valence-corrected chi connectivity index (χ3v) is 0.752. The van der Waals surface area contributed by atoms with Gasteiger partial charge in [-0.25, -0.2) is 0 Å². The Balaban J connectivity index is 0.000000360. The lowest BCUT2D eigenvalue weighted by molar-refractivity contribution is 1.08. The quantitative estimate of drug-likeness (QED) is 0.521. The second-order valence-corrected chi connectivity index (χ2v) is 1.41. The lowest BCUT2D eigenvalue weighted by Gasteiger charge is -1.58. The molecular weight excluding hydrogens is 132 g/mol. The number of H-pyrrole nitrogens is 2. The predicted molar refractivity (Wildman–Crippen MR) is 33.2 cm³/mol. The van der Waals surface area contributed by atoms with Crippen LogP contribution in [0.2, 0.25) is 0 Å². The van der Waals surface area contributed by atoms with Crippen molar-refractivity contribution in [2.24, 2.45) is 0 Å². The van der Waals surface area contributed by atoms with Crippen molar-refractivity contribution in [1.82, 2.24) is 10.2 Å². The molecule has 0 aliphatic carbocycles. The molecule has 4 heteroatoms. The van der Waals surface area contributed by atoms with Crippen LogP contribution in [0.15, 0.2) is 12.3 Å². The third kappa shape index (κ3) is 1.75. The maximum atomic E-state index is 4.66. The zero-order valence-corrected chi connectivity index (χ0v) is 5.10. The summed E-state index contributed by atoms with van der Waals surface area (Å²) in [7, 11) is 0. The minimum Gasteiger partial charge on any atom is -0.307 e. The summed E-state index contributed by atoms with van der Waals surface area (Å²) in [5, 5.41) is 5.39. The summed E-state index contributed by atoms with van der Waals surface area (Å²) in [6.45, 7) is 0. The van der Waals surface area contributed by atoms with Gasteiger partial charge in [0.2, 0.25) is 0 Å². The van der Waals surface area contributed by atoms with Gasteiger partial charge in [0.15, 0.2) is 0 Å². The highest BCUT2D eigenvalue weighted by molar-refractivity contribution is 7.71. The number of aromatic amines is 2. The fourth-order valence-corrected chi connectivity index (χ4v) is 0.399. The summed E-state index contributed by atoms with van der Waals surface area (Å²) < 4.78 is 0.745. The van der Waals surface area contributed by atoms with Crippen LogP contribution in [0.3, 0.4) is 0 Å². The van der Waals surface area contributed by atoms with Gasteiger partial charge in [-0.2, -0.15) is 0 Å². The van der Waals surface area contributed by atoms with Crippen molar-refractivity contribution < 1.29 is 0 Å². The van der Waals surface area contributed by atoms with E-state index in [1.807, 2.05) is 0 Å². The van der Waals surface area contributed by atoms with E-state index < -0.39 is 0 Å². The molecule has 0 saturated carbocycles. The molecule has 40 valence electrons. The van der Waals surface area contributed by atoms with Crippen LogP contribution in [-0.4, -0.2) is 10.2 Å². The van der Waals surface area contributed by atoms with Gasteiger partial charge in [-0.15, -0.1) is 12.4 Å². The first-order chi connectivity index (χ1) is 2.89. The van der Waals surface area contributed by atoms with E-state index in [-0.39, 0.29) is 12.4 Å². The van der Waals surface area contributed by atoms with E-state index in [4.69, 9.17) is 0 Å². The molecule has 0 amide bonds. The summed E-state index contributed by atoms with van der Waals surface area (Å²) in [6.07, 6.45) is 1.75. The van der Waals surface area contributed by atoms with Crippen LogP contribution in [0.25, 0.3) is 0 Å². The predicted octanol–water partition coefficient (Wildman–Crippen LogP) is 1.49. The van der Waals surface area contributed by atoms with Gasteiger partial charge in [-0.05, 0) is 6.07 Å². The van der Waals surface area contributed by atoms with Gasteiger partial charge in [0.1, 0.15) is 4.64 Å². The molecule has 0 spiro atoms. The molecule has 1 heterocycles. The zero-order chi connectivity index (χ0) is 4.41. The Morgan fingerprint density at radius 3 is 2.43 bits per heavy atom. The number of aromatic nitrogens is 2. The highest BCUT2D eigenvalue weighted by atomic mass is 35.5. The Hall–Kier alpha value is -0.280. The molecule has 1 aromatic heterocycles. The van der Waals surface area contributed by atoms with Gasteiger partial charge in [0.05, 0.1) is 0 Å². The molecule has 1 aromatic rings. The zero-order valence-electron chi connectivity index (χ0n) is 3.47. The Morgan fingerprint density at radius 1 is 1.57 bits per heavy atom. The van der Waals surface area contributed by atoms with Crippen LogP contribution in [0.1, 0.15) is 0 Å². The molecule has 0 radical (unpaired) electrons. The van der Waals surface area contributed by atoms with E-state index in [0.717, 1.165) is 4.64 Å². The minimum atomic E-state index is 0. The smallest absolute Gasteiger partial charge is 0.119 e. The molecule has 7 heavy (non-hydrogen) atoms. The number of rotatable bonds is 0. The molecule has 0 atom stereocenters. The van der Waals surface area contributed by atoms with Crippen molar-refractivity contribution in [1.29, 1.82) is 0 Å². The molecule has 0 fully saturated rings. The number of nitrogens with one attached hydrogen (secondary N) is 2. The van der Waals surface area contributed by atoms with Crippen LogP contribution in [0.5, 0.6) is 0 Å². The fraction of sp³-hybridized carbons (Fsp3) is 0. The molecule has 0 aromatic carbocycles. The van der Waals surface area contributed by atoms with Crippen LogP contribution in [0.4, 0.5) is 0 Å². The van der Waals surface area contributed by atoms with Gasteiger partial charge < -0.3 is 5.10 Å². The molecule has 0 saturated heterocycles. The molecule has 2 N–H and O–H groups in total. The van der Waals surface area contributed by atoms with Crippen LogP contribution in [0, 0.1) is 4.64 Å². The molecule has 0 bridgehead atoms. The van der Waals surface area contributed by atoms with Gasteiger partial charge >= 0.3 is 0 Å². The highest BCUT2D eigenvalue weighted by Gasteiger charge is 1.65. The van der Waals surface area contributed by atoms with Crippen LogP contribution < -0.4 is 0 Å². The van der Waals surface area contributed by atoms with E-state index in [9.17, 15) is 0 Å². The standard InChI is InChI=1S/C3H4N2S.ClH/c6-3-1-2-4-5-3;/h1-2H,(H2,4,5,6);1H. The fourth-order valence-electron chi connectivity index (χ4n) is 0.272. The van der Waals surface area contributed by atoms with Crippen molar-refractivity contribution in [2.45, 2.75) is 0 Å². The largest absolute Gasteiger partial charge is 0.307 e. The van der Waals surface area contributed by atoms with Gasteiger partial charge in [-0.1, -0.05) is 12.2 Å². The summed E-state index contributed by atoms with van der Waals surface area (Å²) in [5.74, 6) is 0. The Morgan fingerprint density at radius 2 is 2.29 bits per heavy atom. The second kappa shape index (κ2) is 2.82. The van der Waals surface area contributed by atoms with Crippen molar-refractivity contribution in [3.8, 4) is 0 Å². The molecule has 0 aliphatic heterocycles. The Labute approximate surface area is 52.3 Å². The van der Waals surface area contributed by atoms with Crippen molar-refractivity contribution in [2.75, 3.05) is 0 Å². The average Bonchev–Trinajstić information content (AvgIpc) is 1.86. The van der Waals surface area contributed by atoms with E-state index >= 15 is 0 Å². The van der Waals surface area contributed by atoms with Crippen LogP contribution >= 0.6 is 24.6 Å². The normalized spacial score (nSPS) is 7.43. The highest BCUT2D eigenvalue weighted by Crippen LogP contribution is 1.75. The first kappa shape index (κ1) is 6.72. The first-order valence-electron chi connectivity index (χ1n) is 1.61.